The molecule has 1 aliphatic carbocycles. The van der Waals surface area contributed by atoms with Gasteiger partial charge < -0.3 is 31.5 Å². The molecule has 2 bridgehead atoms. The molecule has 1 saturated carbocycles. The molecular formula is C27H34BrClN4O3. The Morgan fingerprint density at radius 3 is 2.42 bits per heavy atom. The zero-order valence-corrected chi connectivity index (χ0v) is 22.8. The first-order valence-corrected chi connectivity index (χ1v) is 13.3. The van der Waals surface area contributed by atoms with Crippen LogP contribution in [-0.2, 0) is 19.7 Å². The molecule has 6 rings (SSSR count). The Labute approximate surface area is 228 Å². The highest BCUT2D eigenvalue weighted by Crippen LogP contribution is 2.42. The minimum Gasteiger partial charge on any atom is -1.00 e. The van der Waals surface area contributed by atoms with Crippen molar-refractivity contribution in [2.24, 2.45) is 5.92 Å². The summed E-state index contributed by atoms with van der Waals surface area (Å²) in [6.07, 6.45) is 10.8. The molecule has 7 nitrogen and oxygen atoms in total. The minimum absolute atomic E-state index is 0. The normalized spacial score (nSPS) is 26.8. The Bertz CT molecular complexity index is 1050. The second kappa shape index (κ2) is 11.6. The molecule has 4 fully saturated rings. The van der Waals surface area contributed by atoms with Gasteiger partial charge in [-0.25, -0.2) is 4.98 Å². The number of quaternary nitrogens is 1. The molecule has 4 heterocycles. The highest BCUT2D eigenvalue weighted by Gasteiger charge is 2.51. The lowest BCUT2D eigenvalue weighted by molar-refractivity contribution is -0.939. The van der Waals surface area contributed by atoms with Crippen LogP contribution in [0.3, 0.4) is 0 Å². The summed E-state index contributed by atoms with van der Waals surface area (Å²) in [6.45, 7) is 2.88. The molecule has 1 atom stereocenters. The van der Waals surface area contributed by atoms with Crippen LogP contribution < -0.4 is 22.3 Å². The number of esters is 1. The molecule has 194 valence electrons. The number of amides is 1. The van der Waals surface area contributed by atoms with Gasteiger partial charge in [-0.1, -0.05) is 67.6 Å². The standard InChI is InChI=1S/C27H33ClN4O3.BrH/c28-23-16-29-17-24(30-23)31-25(33)19-32-14-10-20(11-15-32)22(18-32)35-26(34)27(12-6-1-2-7-13-27)21-8-4-3-5-9-21;/h3-5,8-9,16-17,20,22H,1-2,6-7,10-15,18-19H2;1H/t20?,22-,32?;/m0./s1. The topological polar surface area (TPSA) is 81.2 Å². The van der Waals surface area contributed by atoms with Gasteiger partial charge in [0.2, 0.25) is 0 Å². The quantitative estimate of drug-likeness (QED) is 0.320. The monoisotopic (exact) mass is 576 g/mol. The number of fused-ring (bicyclic) bond motifs is 3. The van der Waals surface area contributed by atoms with Gasteiger partial charge in [-0.3, -0.25) is 14.6 Å². The van der Waals surface area contributed by atoms with Crippen LogP contribution in [0, 0.1) is 5.92 Å². The van der Waals surface area contributed by atoms with E-state index in [-0.39, 0.29) is 40.1 Å². The molecule has 0 unspecified atom stereocenters. The highest BCUT2D eigenvalue weighted by atomic mass is 79.9. The number of hydrogen-bond donors (Lipinski definition) is 1. The first-order chi connectivity index (χ1) is 17.0. The molecule has 3 aliphatic heterocycles. The Kier molecular flexibility index (Phi) is 8.68. The molecule has 1 aromatic heterocycles. The van der Waals surface area contributed by atoms with Crippen molar-refractivity contribution in [1.82, 2.24) is 9.97 Å². The van der Waals surface area contributed by atoms with Crippen molar-refractivity contribution in [3.8, 4) is 0 Å². The molecule has 1 amide bonds. The zero-order chi connectivity index (χ0) is 24.3. The van der Waals surface area contributed by atoms with Crippen molar-refractivity contribution in [2.45, 2.75) is 62.9 Å². The molecule has 9 heteroatoms. The van der Waals surface area contributed by atoms with Crippen LogP contribution in [0.1, 0.15) is 56.9 Å². The maximum atomic E-state index is 13.9. The second-order valence-corrected chi connectivity index (χ2v) is 10.9. The molecule has 0 radical (unpaired) electrons. The van der Waals surface area contributed by atoms with Crippen molar-refractivity contribution in [2.75, 3.05) is 31.5 Å². The van der Waals surface area contributed by atoms with Crippen LogP contribution in [0.15, 0.2) is 42.7 Å². The predicted octanol–water partition coefficient (Wildman–Crippen LogP) is 1.52. The second-order valence-electron chi connectivity index (χ2n) is 10.5. The fourth-order valence-electron chi connectivity index (χ4n) is 6.42. The van der Waals surface area contributed by atoms with Gasteiger partial charge in [0.1, 0.15) is 11.7 Å². The third kappa shape index (κ3) is 5.76. The Balaban J connectivity index is 0.00000304. The molecule has 0 spiro atoms. The van der Waals surface area contributed by atoms with Crippen molar-refractivity contribution < 1.29 is 35.8 Å². The number of nitrogens with zero attached hydrogens (tertiary/aromatic N) is 3. The van der Waals surface area contributed by atoms with Crippen LogP contribution in [0.4, 0.5) is 5.82 Å². The first-order valence-electron chi connectivity index (χ1n) is 12.9. The van der Waals surface area contributed by atoms with Gasteiger partial charge in [0.25, 0.3) is 5.91 Å². The number of anilines is 1. The molecule has 4 aliphatic rings. The lowest BCUT2D eigenvalue weighted by Gasteiger charge is -2.52. The van der Waals surface area contributed by atoms with Gasteiger partial charge in [0, 0.05) is 18.8 Å². The summed E-state index contributed by atoms with van der Waals surface area (Å²) in [5, 5.41) is 3.07. The van der Waals surface area contributed by atoms with E-state index in [4.69, 9.17) is 16.3 Å². The van der Waals surface area contributed by atoms with Gasteiger partial charge >= 0.3 is 5.97 Å². The SMILES string of the molecule is O=C(C[N+]12CCC(CC1)[C@@H](OC(=O)C1(c3ccccc3)CCCCCC1)C2)Nc1cncc(Cl)n1.[Br-]. The summed E-state index contributed by atoms with van der Waals surface area (Å²) < 4.78 is 7.04. The fraction of sp³-hybridized carbons (Fsp3) is 0.556. The lowest BCUT2D eigenvalue weighted by atomic mass is 9.74. The molecular weight excluding hydrogens is 544 g/mol. The van der Waals surface area contributed by atoms with E-state index in [0.717, 1.165) is 57.2 Å². The number of aromatic nitrogens is 2. The number of rotatable bonds is 6. The van der Waals surface area contributed by atoms with E-state index in [9.17, 15) is 9.59 Å². The van der Waals surface area contributed by atoms with Gasteiger partial charge in [-0.15, -0.1) is 0 Å². The van der Waals surface area contributed by atoms with Crippen molar-refractivity contribution in [3.63, 3.8) is 0 Å². The maximum Gasteiger partial charge on any atom is 0.317 e. The van der Waals surface area contributed by atoms with E-state index in [1.165, 1.54) is 25.2 Å². The van der Waals surface area contributed by atoms with E-state index < -0.39 is 5.41 Å². The van der Waals surface area contributed by atoms with E-state index in [2.05, 4.69) is 27.4 Å². The fourth-order valence-corrected chi connectivity index (χ4v) is 6.56. The highest BCUT2D eigenvalue weighted by molar-refractivity contribution is 6.29. The van der Waals surface area contributed by atoms with Crippen molar-refractivity contribution in [1.29, 1.82) is 0 Å². The van der Waals surface area contributed by atoms with E-state index in [0.29, 0.717) is 29.3 Å². The molecule has 36 heavy (non-hydrogen) atoms. The number of piperidine rings is 3. The lowest BCUT2D eigenvalue weighted by Crippen LogP contribution is -3.00. The number of halogens is 2. The minimum atomic E-state index is -0.558. The smallest absolute Gasteiger partial charge is 0.317 e. The molecule has 3 saturated heterocycles. The van der Waals surface area contributed by atoms with E-state index >= 15 is 0 Å². The molecule has 1 aromatic carbocycles. The predicted molar refractivity (Wildman–Crippen MR) is 134 cm³/mol. The number of benzene rings is 1. The summed E-state index contributed by atoms with van der Waals surface area (Å²) in [5.74, 6) is 0.547. The van der Waals surface area contributed by atoms with Gasteiger partial charge in [-0.05, 0) is 18.4 Å². The Morgan fingerprint density at radius 2 is 1.75 bits per heavy atom. The third-order valence-electron chi connectivity index (χ3n) is 8.33. The van der Waals surface area contributed by atoms with Crippen molar-refractivity contribution >= 4 is 29.3 Å². The van der Waals surface area contributed by atoms with Crippen LogP contribution in [0.5, 0.6) is 0 Å². The average molecular weight is 578 g/mol. The number of carbonyl (C=O) groups excluding carboxylic acids is 2. The molecule has 1 N–H and O–H groups in total. The van der Waals surface area contributed by atoms with Crippen LogP contribution in [0.25, 0.3) is 0 Å². The zero-order valence-electron chi connectivity index (χ0n) is 20.5. The molecule has 2 aromatic rings. The third-order valence-corrected chi connectivity index (χ3v) is 8.51. The van der Waals surface area contributed by atoms with Gasteiger partial charge in [0.15, 0.2) is 18.5 Å². The Hall–Kier alpha value is -2.03. The van der Waals surface area contributed by atoms with E-state index in [1.807, 2.05) is 18.2 Å². The van der Waals surface area contributed by atoms with Crippen LogP contribution in [-0.4, -0.2) is 58.6 Å². The summed E-state index contributed by atoms with van der Waals surface area (Å²) in [7, 11) is 0. The summed E-state index contributed by atoms with van der Waals surface area (Å²) >= 11 is 5.90. The van der Waals surface area contributed by atoms with Gasteiger partial charge in [-0.2, -0.15) is 0 Å². The number of carbonyl (C=O) groups is 2. The Morgan fingerprint density at radius 1 is 1.06 bits per heavy atom. The summed E-state index contributed by atoms with van der Waals surface area (Å²) in [4.78, 5) is 34.9. The van der Waals surface area contributed by atoms with E-state index in [1.54, 1.807) is 0 Å². The largest absolute Gasteiger partial charge is 1.00 e. The average Bonchev–Trinajstić information content (AvgIpc) is 3.12. The van der Waals surface area contributed by atoms with Crippen LogP contribution >= 0.6 is 11.6 Å². The van der Waals surface area contributed by atoms with Gasteiger partial charge in [0.05, 0.1) is 30.9 Å². The maximum absolute atomic E-state index is 13.9. The van der Waals surface area contributed by atoms with Crippen molar-refractivity contribution in [3.05, 3.63) is 53.4 Å². The number of nitrogens with one attached hydrogen (secondary N) is 1. The number of ether oxygens (including phenoxy) is 1. The van der Waals surface area contributed by atoms with Crippen LogP contribution in [0.2, 0.25) is 5.15 Å². The summed E-state index contributed by atoms with van der Waals surface area (Å²) in [6, 6.07) is 10.2. The number of hydrogen-bond acceptors (Lipinski definition) is 5. The first kappa shape index (κ1) is 27.0. The summed E-state index contributed by atoms with van der Waals surface area (Å²) in [5.41, 5.74) is 0.524.